The summed E-state index contributed by atoms with van der Waals surface area (Å²) in [6.45, 7) is 6.51. The normalized spacial score (nSPS) is 30.4. The maximum absolute atomic E-state index is 6.24. The predicted octanol–water partition coefficient (Wildman–Crippen LogP) is 3.14. The van der Waals surface area contributed by atoms with Gasteiger partial charge < -0.3 is 10.1 Å². The summed E-state index contributed by atoms with van der Waals surface area (Å²) in [5.41, 5.74) is 1.62. The summed E-state index contributed by atoms with van der Waals surface area (Å²) < 4.78 is 10.8. The van der Waals surface area contributed by atoms with E-state index in [9.17, 15) is 0 Å². The molecule has 1 saturated carbocycles. The molecule has 1 aromatic heterocycles. The standard InChI is InChI=1S/C14H22N2OS/c1-13(2)4-6-14(7-5-13)12(15-8-9-17-14)11-3-10-18-16-11/h3,10,12,15H,4-9H2,1-2H3. The van der Waals surface area contributed by atoms with Gasteiger partial charge in [0, 0.05) is 11.9 Å². The smallest absolute Gasteiger partial charge is 0.0893 e. The van der Waals surface area contributed by atoms with Crippen molar-refractivity contribution in [1.82, 2.24) is 9.69 Å². The highest BCUT2D eigenvalue weighted by molar-refractivity contribution is 7.03. The zero-order valence-electron chi connectivity index (χ0n) is 11.2. The van der Waals surface area contributed by atoms with Crippen LogP contribution >= 0.6 is 11.5 Å². The molecule has 0 bridgehead atoms. The Morgan fingerprint density at radius 2 is 2.11 bits per heavy atom. The minimum absolute atomic E-state index is 0.0121. The molecule has 1 unspecified atom stereocenters. The van der Waals surface area contributed by atoms with Gasteiger partial charge in [0.1, 0.15) is 0 Å². The average molecular weight is 266 g/mol. The number of hydrogen-bond acceptors (Lipinski definition) is 4. The number of nitrogens with one attached hydrogen (secondary N) is 1. The summed E-state index contributed by atoms with van der Waals surface area (Å²) in [4.78, 5) is 0. The van der Waals surface area contributed by atoms with Gasteiger partial charge in [-0.1, -0.05) is 13.8 Å². The van der Waals surface area contributed by atoms with Crippen molar-refractivity contribution in [2.24, 2.45) is 5.41 Å². The highest BCUT2D eigenvalue weighted by Crippen LogP contribution is 2.48. The molecule has 4 heteroatoms. The molecule has 1 aromatic rings. The van der Waals surface area contributed by atoms with Crippen molar-refractivity contribution in [1.29, 1.82) is 0 Å². The van der Waals surface area contributed by atoms with Gasteiger partial charge in [0.05, 0.1) is 23.9 Å². The van der Waals surface area contributed by atoms with E-state index in [2.05, 4.69) is 35.0 Å². The second-order valence-corrected chi connectivity index (χ2v) is 7.05. The van der Waals surface area contributed by atoms with Crippen LogP contribution in [0.5, 0.6) is 0 Å². The van der Waals surface area contributed by atoms with Crippen LogP contribution in [0.15, 0.2) is 11.4 Å². The number of rotatable bonds is 1. The summed E-state index contributed by atoms with van der Waals surface area (Å²) in [5.74, 6) is 0. The first-order valence-corrected chi connectivity index (χ1v) is 7.73. The minimum atomic E-state index is -0.0121. The monoisotopic (exact) mass is 266 g/mol. The molecule has 1 aliphatic carbocycles. The van der Waals surface area contributed by atoms with Gasteiger partial charge in [-0.3, -0.25) is 0 Å². The lowest BCUT2D eigenvalue weighted by molar-refractivity contribution is -0.133. The largest absolute Gasteiger partial charge is 0.372 e. The summed E-state index contributed by atoms with van der Waals surface area (Å²) in [6, 6.07) is 2.42. The lowest BCUT2D eigenvalue weighted by Gasteiger charge is -2.49. The van der Waals surface area contributed by atoms with Gasteiger partial charge in [-0.15, -0.1) is 0 Å². The van der Waals surface area contributed by atoms with Crippen LogP contribution in [-0.2, 0) is 4.74 Å². The third-order valence-electron chi connectivity index (χ3n) is 4.57. The maximum Gasteiger partial charge on any atom is 0.0893 e. The Labute approximate surface area is 113 Å². The van der Waals surface area contributed by atoms with E-state index in [1.54, 1.807) is 0 Å². The molecule has 2 aliphatic rings. The van der Waals surface area contributed by atoms with Gasteiger partial charge in [-0.25, -0.2) is 0 Å². The fraction of sp³-hybridized carbons (Fsp3) is 0.786. The van der Waals surface area contributed by atoms with Gasteiger partial charge in [-0.2, -0.15) is 4.37 Å². The number of nitrogens with zero attached hydrogens (tertiary/aromatic N) is 1. The van der Waals surface area contributed by atoms with Crippen LogP contribution < -0.4 is 5.32 Å². The van der Waals surface area contributed by atoms with Crippen LogP contribution in [0.4, 0.5) is 0 Å². The van der Waals surface area contributed by atoms with E-state index in [1.807, 2.05) is 0 Å². The summed E-state index contributed by atoms with van der Waals surface area (Å²) in [5, 5.41) is 5.69. The number of aromatic nitrogens is 1. The summed E-state index contributed by atoms with van der Waals surface area (Å²) in [6.07, 6.45) is 4.79. The van der Waals surface area contributed by atoms with Crippen LogP contribution in [0.3, 0.4) is 0 Å². The lowest BCUT2D eigenvalue weighted by Crippen LogP contribution is -2.54. The second-order valence-electron chi connectivity index (χ2n) is 6.39. The van der Waals surface area contributed by atoms with Crippen molar-refractivity contribution in [3.8, 4) is 0 Å². The van der Waals surface area contributed by atoms with Crippen molar-refractivity contribution < 1.29 is 4.74 Å². The molecular weight excluding hydrogens is 244 g/mol. The molecule has 0 amide bonds. The SMILES string of the molecule is CC1(C)CCC2(CC1)OCCNC2c1ccsn1. The number of morpholine rings is 1. The van der Waals surface area contributed by atoms with E-state index < -0.39 is 0 Å². The molecule has 0 aromatic carbocycles. The van der Waals surface area contributed by atoms with E-state index in [0.717, 1.165) is 26.0 Å². The van der Waals surface area contributed by atoms with Crippen molar-refractivity contribution in [2.45, 2.75) is 51.2 Å². The molecule has 3 rings (SSSR count). The Balaban J connectivity index is 1.84. The maximum atomic E-state index is 6.24. The van der Waals surface area contributed by atoms with Crippen molar-refractivity contribution in [3.63, 3.8) is 0 Å². The van der Waals surface area contributed by atoms with Crippen LogP contribution in [0.25, 0.3) is 0 Å². The van der Waals surface area contributed by atoms with Crippen LogP contribution in [-0.4, -0.2) is 23.1 Å². The van der Waals surface area contributed by atoms with E-state index in [4.69, 9.17) is 4.74 Å². The zero-order chi connectivity index (χ0) is 12.6. The lowest BCUT2D eigenvalue weighted by atomic mass is 9.67. The van der Waals surface area contributed by atoms with E-state index in [1.165, 1.54) is 30.1 Å². The molecule has 0 radical (unpaired) electrons. The Morgan fingerprint density at radius 3 is 2.78 bits per heavy atom. The van der Waals surface area contributed by atoms with Crippen molar-refractivity contribution in [3.05, 3.63) is 17.1 Å². The minimum Gasteiger partial charge on any atom is -0.372 e. The van der Waals surface area contributed by atoms with Gasteiger partial charge >= 0.3 is 0 Å². The Bertz CT molecular complexity index is 392. The van der Waals surface area contributed by atoms with E-state index in [0.29, 0.717) is 5.41 Å². The summed E-state index contributed by atoms with van der Waals surface area (Å²) in [7, 11) is 0. The molecular formula is C14H22N2OS. The highest BCUT2D eigenvalue weighted by Gasteiger charge is 2.47. The Morgan fingerprint density at radius 1 is 1.33 bits per heavy atom. The first kappa shape index (κ1) is 12.6. The molecule has 1 spiro atoms. The van der Waals surface area contributed by atoms with Gasteiger partial charge in [0.2, 0.25) is 0 Å². The van der Waals surface area contributed by atoms with Crippen LogP contribution in [0, 0.1) is 5.41 Å². The van der Waals surface area contributed by atoms with Gasteiger partial charge in [-0.05, 0) is 48.7 Å². The molecule has 1 atom stereocenters. The van der Waals surface area contributed by atoms with E-state index >= 15 is 0 Å². The predicted molar refractivity (Wildman–Crippen MR) is 73.8 cm³/mol. The number of hydrogen-bond donors (Lipinski definition) is 1. The van der Waals surface area contributed by atoms with Gasteiger partial charge in [0.15, 0.2) is 0 Å². The molecule has 1 saturated heterocycles. The van der Waals surface area contributed by atoms with Crippen molar-refractivity contribution >= 4 is 11.5 Å². The fourth-order valence-corrected chi connectivity index (χ4v) is 3.80. The molecule has 1 N–H and O–H groups in total. The van der Waals surface area contributed by atoms with Crippen molar-refractivity contribution in [2.75, 3.05) is 13.2 Å². The third-order valence-corrected chi connectivity index (χ3v) is 5.14. The molecule has 1 aliphatic heterocycles. The Kier molecular flexibility index (Phi) is 3.20. The third kappa shape index (κ3) is 2.22. The second kappa shape index (κ2) is 4.58. The first-order valence-electron chi connectivity index (χ1n) is 6.89. The topological polar surface area (TPSA) is 34.1 Å². The highest BCUT2D eigenvalue weighted by atomic mass is 32.1. The zero-order valence-corrected chi connectivity index (χ0v) is 12.1. The molecule has 3 nitrogen and oxygen atoms in total. The van der Waals surface area contributed by atoms with Gasteiger partial charge in [0.25, 0.3) is 0 Å². The van der Waals surface area contributed by atoms with Crippen LogP contribution in [0.1, 0.15) is 51.3 Å². The number of ether oxygens (including phenoxy) is 1. The van der Waals surface area contributed by atoms with E-state index in [-0.39, 0.29) is 11.6 Å². The molecule has 100 valence electrons. The molecule has 2 fully saturated rings. The van der Waals surface area contributed by atoms with Crippen LogP contribution in [0.2, 0.25) is 0 Å². The Hall–Kier alpha value is -0.450. The first-order chi connectivity index (χ1) is 8.61. The summed E-state index contributed by atoms with van der Waals surface area (Å²) >= 11 is 1.53. The molecule has 2 heterocycles. The fourth-order valence-electron chi connectivity index (χ4n) is 3.25. The quantitative estimate of drug-likeness (QED) is 0.848. The average Bonchev–Trinajstić information content (AvgIpc) is 2.88. The molecule has 18 heavy (non-hydrogen) atoms.